The number of anilines is 2. The molecule has 1 aromatic rings. The van der Waals surface area contributed by atoms with E-state index in [1.165, 1.54) is 0 Å². The highest BCUT2D eigenvalue weighted by molar-refractivity contribution is 5.56. The molecule has 0 atom stereocenters. The number of hydrazine groups is 1. The zero-order chi connectivity index (χ0) is 11.3. The summed E-state index contributed by atoms with van der Waals surface area (Å²) in [4.78, 5) is 8.44. The summed E-state index contributed by atoms with van der Waals surface area (Å²) in [7, 11) is 1.66. The van der Waals surface area contributed by atoms with Crippen LogP contribution >= 0.6 is 0 Å². The van der Waals surface area contributed by atoms with Gasteiger partial charge >= 0.3 is 0 Å². The quantitative estimate of drug-likeness (QED) is 0.372. The van der Waals surface area contributed by atoms with Crippen molar-refractivity contribution in [2.75, 3.05) is 31.0 Å². The van der Waals surface area contributed by atoms with Gasteiger partial charge in [-0.25, -0.2) is 15.8 Å². The van der Waals surface area contributed by atoms with Gasteiger partial charge in [0.15, 0.2) is 0 Å². The van der Waals surface area contributed by atoms with Crippen molar-refractivity contribution in [2.24, 2.45) is 5.84 Å². The Morgan fingerprint density at radius 1 is 1.27 bits per heavy atom. The number of nitrogens with one attached hydrogen (secondary N) is 2. The minimum absolute atomic E-state index is 0.633. The molecule has 0 fully saturated rings. The van der Waals surface area contributed by atoms with Gasteiger partial charge < -0.3 is 15.5 Å². The first kappa shape index (κ1) is 11.7. The minimum atomic E-state index is 0.633. The van der Waals surface area contributed by atoms with Crippen LogP contribution in [0.5, 0.6) is 0 Å². The van der Waals surface area contributed by atoms with E-state index in [0.29, 0.717) is 24.8 Å². The van der Waals surface area contributed by atoms with Crippen LogP contribution in [0.1, 0.15) is 11.4 Å². The summed E-state index contributed by atoms with van der Waals surface area (Å²) in [5, 5.41) is 3.16. The van der Waals surface area contributed by atoms with Crippen LogP contribution in [0, 0.1) is 13.8 Å². The number of ether oxygens (including phenoxy) is 1. The van der Waals surface area contributed by atoms with E-state index in [9.17, 15) is 0 Å². The molecule has 0 unspecified atom stereocenters. The van der Waals surface area contributed by atoms with Crippen LogP contribution in [-0.4, -0.2) is 30.2 Å². The molecule has 6 heteroatoms. The lowest BCUT2D eigenvalue weighted by atomic mass is 10.3. The summed E-state index contributed by atoms with van der Waals surface area (Å²) < 4.78 is 4.94. The van der Waals surface area contributed by atoms with Crippen LogP contribution < -0.4 is 16.6 Å². The Hall–Kier alpha value is -1.40. The fourth-order valence-corrected chi connectivity index (χ4v) is 1.21. The van der Waals surface area contributed by atoms with Gasteiger partial charge in [0.2, 0.25) is 0 Å². The van der Waals surface area contributed by atoms with Crippen LogP contribution in [0.25, 0.3) is 0 Å². The van der Waals surface area contributed by atoms with Crippen LogP contribution in [-0.2, 0) is 4.74 Å². The lowest BCUT2D eigenvalue weighted by molar-refractivity contribution is 0.210. The second-order valence-electron chi connectivity index (χ2n) is 3.16. The van der Waals surface area contributed by atoms with E-state index >= 15 is 0 Å². The average Bonchev–Trinajstić information content (AvgIpc) is 2.23. The first-order valence-electron chi connectivity index (χ1n) is 4.73. The highest BCUT2D eigenvalue weighted by atomic mass is 16.5. The van der Waals surface area contributed by atoms with Gasteiger partial charge in [-0.15, -0.1) is 0 Å². The highest BCUT2D eigenvalue weighted by Crippen LogP contribution is 2.18. The van der Waals surface area contributed by atoms with Crippen molar-refractivity contribution in [3.63, 3.8) is 0 Å². The highest BCUT2D eigenvalue weighted by Gasteiger charge is 2.07. The molecule has 0 aromatic carbocycles. The summed E-state index contributed by atoms with van der Waals surface area (Å²) in [6, 6.07) is 0. The molecule has 15 heavy (non-hydrogen) atoms. The van der Waals surface area contributed by atoms with Crippen LogP contribution in [0.2, 0.25) is 0 Å². The third kappa shape index (κ3) is 3.03. The fourth-order valence-electron chi connectivity index (χ4n) is 1.21. The van der Waals surface area contributed by atoms with E-state index in [4.69, 9.17) is 10.6 Å². The third-order valence-corrected chi connectivity index (χ3v) is 1.99. The lowest BCUT2D eigenvalue weighted by Crippen LogP contribution is -2.15. The summed E-state index contributed by atoms with van der Waals surface area (Å²) in [6.07, 6.45) is 0. The molecule has 0 aliphatic rings. The fraction of sp³-hybridized carbons (Fsp3) is 0.556. The smallest absolute Gasteiger partial charge is 0.148 e. The van der Waals surface area contributed by atoms with E-state index in [2.05, 4.69) is 20.7 Å². The molecule has 1 aromatic heterocycles. The zero-order valence-corrected chi connectivity index (χ0v) is 9.29. The first-order valence-corrected chi connectivity index (χ1v) is 4.73. The van der Waals surface area contributed by atoms with Gasteiger partial charge in [0, 0.05) is 19.2 Å². The molecule has 4 N–H and O–H groups in total. The van der Waals surface area contributed by atoms with Crippen molar-refractivity contribution >= 4 is 11.6 Å². The Balaban J connectivity index is 2.81. The molecule has 0 bridgehead atoms. The van der Waals surface area contributed by atoms with Crippen molar-refractivity contribution in [1.29, 1.82) is 0 Å². The molecule has 1 heterocycles. The van der Waals surface area contributed by atoms with Gasteiger partial charge in [-0.05, 0) is 13.8 Å². The average molecular weight is 211 g/mol. The number of hydrogen-bond donors (Lipinski definition) is 3. The zero-order valence-electron chi connectivity index (χ0n) is 9.29. The maximum absolute atomic E-state index is 5.35. The topological polar surface area (TPSA) is 85.1 Å². The number of aromatic nitrogens is 2. The number of methoxy groups -OCH3 is 1. The molecule has 0 amide bonds. The number of nitrogens with two attached hydrogens (primary N) is 1. The Bertz CT molecular complexity index is 329. The summed E-state index contributed by atoms with van der Waals surface area (Å²) >= 11 is 0. The van der Waals surface area contributed by atoms with Gasteiger partial charge in [0.1, 0.15) is 17.5 Å². The van der Waals surface area contributed by atoms with E-state index in [-0.39, 0.29) is 0 Å². The van der Waals surface area contributed by atoms with Crippen molar-refractivity contribution in [3.05, 3.63) is 11.4 Å². The Morgan fingerprint density at radius 3 is 2.53 bits per heavy atom. The summed E-state index contributed by atoms with van der Waals surface area (Å²) in [5.74, 6) is 7.45. The van der Waals surface area contributed by atoms with Crippen molar-refractivity contribution < 1.29 is 4.74 Å². The molecule has 0 aliphatic carbocycles. The van der Waals surface area contributed by atoms with Gasteiger partial charge in [-0.2, -0.15) is 0 Å². The molecular formula is C9H17N5O. The van der Waals surface area contributed by atoms with Gasteiger partial charge in [-0.1, -0.05) is 0 Å². The second kappa shape index (κ2) is 5.47. The molecule has 0 saturated heterocycles. The molecule has 6 nitrogen and oxygen atoms in total. The van der Waals surface area contributed by atoms with E-state index in [1.54, 1.807) is 7.11 Å². The van der Waals surface area contributed by atoms with Crippen molar-refractivity contribution in [3.8, 4) is 0 Å². The maximum atomic E-state index is 5.35. The van der Waals surface area contributed by atoms with Crippen LogP contribution in [0.3, 0.4) is 0 Å². The predicted octanol–water partition coefficient (Wildman–Crippen LogP) is 0.437. The van der Waals surface area contributed by atoms with Crippen LogP contribution in [0.15, 0.2) is 0 Å². The molecule has 1 rings (SSSR count). The summed E-state index contributed by atoms with van der Waals surface area (Å²) in [6.45, 7) is 5.07. The molecule has 0 spiro atoms. The third-order valence-electron chi connectivity index (χ3n) is 1.99. The normalized spacial score (nSPS) is 10.1. The van der Waals surface area contributed by atoms with Crippen LogP contribution in [0.4, 0.5) is 11.6 Å². The molecule has 0 aliphatic heterocycles. The van der Waals surface area contributed by atoms with Crippen molar-refractivity contribution in [2.45, 2.75) is 13.8 Å². The van der Waals surface area contributed by atoms with Crippen molar-refractivity contribution in [1.82, 2.24) is 9.97 Å². The van der Waals surface area contributed by atoms with E-state index < -0.39 is 0 Å². The minimum Gasteiger partial charge on any atom is -0.383 e. The van der Waals surface area contributed by atoms with Gasteiger partial charge in [0.05, 0.1) is 6.61 Å². The molecule has 0 radical (unpaired) electrons. The maximum Gasteiger partial charge on any atom is 0.148 e. The first-order chi connectivity index (χ1) is 7.19. The standard InChI is InChI=1S/C9H17N5O/c1-6-8(11-4-5-15-3)12-7(2)13-9(6)14-10/h4-5,10H2,1-3H3,(H2,11,12,13,14). The second-order valence-corrected chi connectivity index (χ2v) is 3.16. The number of aryl methyl sites for hydroxylation is 1. The van der Waals surface area contributed by atoms with E-state index in [0.717, 1.165) is 11.4 Å². The SMILES string of the molecule is COCCNc1nc(C)nc(NN)c1C. The number of nitrogen functional groups attached to an aromatic ring is 1. The molecule has 84 valence electrons. The number of rotatable bonds is 5. The molecular weight excluding hydrogens is 194 g/mol. The Kier molecular flexibility index (Phi) is 4.26. The number of hydrogen-bond acceptors (Lipinski definition) is 6. The largest absolute Gasteiger partial charge is 0.383 e. The molecule has 0 saturated carbocycles. The van der Waals surface area contributed by atoms with Gasteiger partial charge in [0.25, 0.3) is 0 Å². The van der Waals surface area contributed by atoms with Gasteiger partial charge in [-0.3, -0.25) is 0 Å². The Labute approximate surface area is 89.2 Å². The summed E-state index contributed by atoms with van der Waals surface area (Å²) in [5.41, 5.74) is 3.45. The lowest BCUT2D eigenvalue weighted by Gasteiger charge is -2.11. The Morgan fingerprint density at radius 2 is 1.93 bits per heavy atom. The number of nitrogens with zero attached hydrogens (tertiary/aromatic N) is 2. The van der Waals surface area contributed by atoms with E-state index in [1.807, 2.05) is 13.8 Å². The monoisotopic (exact) mass is 211 g/mol. The predicted molar refractivity (Wildman–Crippen MR) is 59.7 cm³/mol.